The van der Waals surface area contributed by atoms with E-state index in [9.17, 15) is 4.79 Å². The molecule has 0 bridgehead atoms. The zero-order valence-electron chi connectivity index (χ0n) is 11.6. The Hall–Kier alpha value is -0.680. The monoisotopic (exact) mass is 283 g/mol. The molecular weight excluding hydrogens is 258 g/mol. The van der Waals surface area contributed by atoms with E-state index in [0.29, 0.717) is 23.5 Å². The molecule has 0 aromatic carbocycles. The third-order valence-corrected chi connectivity index (χ3v) is 4.66. The molecular formula is C14H25N3OS. The van der Waals surface area contributed by atoms with Gasteiger partial charge in [-0.2, -0.15) is 0 Å². The van der Waals surface area contributed by atoms with Crippen molar-refractivity contribution < 1.29 is 4.79 Å². The average Bonchev–Trinajstić information content (AvgIpc) is 2.40. The van der Waals surface area contributed by atoms with Crippen LogP contribution in [0.25, 0.3) is 0 Å². The van der Waals surface area contributed by atoms with Crippen molar-refractivity contribution in [2.24, 2.45) is 11.7 Å². The molecule has 108 valence electrons. The molecule has 0 aromatic heterocycles. The molecule has 19 heavy (non-hydrogen) atoms. The van der Waals surface area contributed by atoms with Crippen LogP contribution in [0.3, 0.4) is 0 Å². The Morgan fingerprint density at radius 3 is 2.37 bits per heavy atom. The first-order valence-corrected chi connectivity index (χ1v) is 7.87. The van der Waals surface area contributed by atoms with Gasteiger partial charge in [-0.3, -0.25) is 9.69 Å². The lowest BCUT2D eigenvalue weighted by Gasteiger charge is -2.31. The number of thiocarbonyl (C=S) groups is 1. The van der Waals surface area contributed by atoms with Crippen LogP contribution < -0.4 is 11.1 Å². The molecule has 3 N–H and O–H groups in total. The summed E-state index contributed by atoms with van der Waals surface area (Å²) in [5.74, 6) is 0.549. The molecule has 0 radical (unpaired) electrons. The van der Waals surface area contributed by atoms with E-state index in [4.69, 9.17) is 18.0 Å². The van der Waals surface area contributed by atoms with Gasteiger partial charge in [0.1, 0.15) is 0 Å². The normalized spacial score (nSPS) is 23.2. The molecule has 1 heterocycles. The van der Waals surface area contributed by atoms with E-state index in [2.05, 4.69) is 10.2 Å². The van der Waals surface area contributed by atoms with Gasteiger partial charge in [-0.25, -0.2) is 0 Å². The molecule has 1 saturated heterocycles. The fourth-order valence-corrected chi connectivity index (χ4v) is 3.33. The van der Waals surface area contributed by atoms with Crippen LogP contribution >= 0.6 is 12.2 Å². The van der Waals surface area contributed by atoms with Crippen LogP contribution in [0.5, 0.6) is 0 Å². The Balaban J connectivity index is 1.67. The average molecular weight is 283 g/mol. The predicted octanol–water partition coefficient (Wildman–Crippen LogP) is 1.43. The number of nitrogens with one attached hydrogen (secondary N) is 1. The molecule has 2 fully saturated rings. The van der Waals surface area contributed by atoms with Crippen LogP contribution in [0, 0.1) is 5.92 Å². The second-order valence-electron chi connectivity index (χ2n) is 5.86. The van der Waals surface area contributed by atoms with Crippen molar-refractivity contribution >= 4 is 23.1 Å². The largest absolute Gasteiger partial charge is 0.393 e. The SMILES string of the molecule is NC(=S)C1CCN(CC(=O)NC2CCCCC2)CC1. The van der Waals surface area contributed by atoms with Gasteiger partial charge >= 0.3 is 0 Å². The standard InChI is InChI=1S/C14H25N3OS/c15-14(19)11-6-8-17(9-7-11)10-13(18)16-12-4-2-1-3-5-12/h11-12H,1-10H2,(H2,15,19)(H,16,18). The second kappa shape index (κ2) is 7.20. The Morgan fingerprint density at radius 2 is 1.79 bits per heavy atom. The molecule has 1 saturated carbocycles. The lowest BCUT2D eigenvalue weighted by molar-refractivity contribution is -0.123. The van der Waals surface area contributed by atoms with E-state index in [1.54, 1.807) is 0 Å². The van der Waals surface area contributed by atoms with Crippen LogP contribution in [-0.2, 0) is 4.79 Å². The molecule has 5 heteroatoms. The Morgan fingerprint density at radius 1 is 1.16 bits per heavy atom. The summed E-state index contributed by atoms with van der Waals surface area (Å²) >= 11 is 5.03. The molecule has 4 nitrogen and oxygen atoms in total. The third-order valence-electron chi connectivity index (χ3n) is 4.33. The van der Waals surface area contributed by atoms with E-state index in [-0.39, 0.29) is 5.91 Å². The Bertz CT molecular complexity index is 321. The van der Waals surface area contributed by atoms with E-state index in [1.807, 2.05) is 0 Å². The topological polar surface area (TPSA) is 58.4 Å². The zero-order valence-corrected chi connectivity index (χ0v) is 12.4. The first-order chi connectivity index (χ1) is 9.15. The highest BCUT2D eigenvalue weighted by Crippen LogP contribution is 2.18. The van der Waals surface area contributed by atoms with Crippen LogP contribution in [0.4, 0.5) is 0 Å². The summed E-state index contributed by atoms with van der Waals surface area (Å²) in [4.78, 5) is 14.8. The predicted molar refractivity (Wildman–Crippen MR) is 81.0 cm³/mol. The van der Waals surface area contributed by atoms with Crippen LogP contribution in [0.1, 0.15) is 44.9 Å². The molecule has 2 aliphatic rings. The smallest absolute Gasteiger partial charge is 0.234 e. The minimum absolute atomic E-state index is 0.181. The summed E-state index contributed by atoms with van der Waals surface area (Å²) in [6.07, 6.45) is 8.11. The van der Waals surface area contributed by atoms with Crippen LogP contribution in [-0.4, -0.2) is 41.5 Å². The summed E-state index contributed by atoms with van der Waals surface area (Å²) in [6, 6.07) is 0.412. The zero-order chi connectivity index (χ0) is 13.7. The van der Waals surface area contributed by atoms with Crippen molar-refractivity contribution in [3.63, 3.8) is 0 Å². The highest BCUT2D eigenvalue weighted by molar-refractivity contribution is 7.80. The van der Waals surface area contributed by atoms with E-state index < -0.39 is 0 Å². The molecule has 1 aliphatic heterocycles. The van der Waals surface area contributed by atoms with Gasteiger partial charge in [-0.05, 0) is 38.8 Å². The number of likely N-dealkylation sites (tertiary alicyclic amines) is 1. The first-order valence-electron chi connectivity index (χ1n) is 7.46. The van der Waals surface area contributed by atoms with Crippen molar-refractivity contribution in [3.8, 4) is 0 Å². The van der Waals surface area contributed by atoms with Gasteiger partial charge in [0.25, 0.3) is 0 Å². The van der Waals surface area contributed by atoms with Crippen molar-refractivity contribution in [1.82, 2.24) is 10.2 Å². The van der Waals surface area contributed by atoms with Crippen molar-refractivity contribution in [3.05, 3.63) is 0 Å². The molecule has 2 rings (SSSR count). The van der Waals surface area contributed by atoms with Gasteiger partial charge in [-0.1, -0.05) is 31.5 Å². The van der Waals surface area contributed by atoms with Crippen LogP contribution in [0.2, 0.25) is 0 Å². The molecule has 0 unspecified atom stereocenters. The Labute approximate surface area is 121 Å². The van der Waals surface area contributed by atoms with Crippen molar-refractivity contribution in [2.45, 2.75) is 51.0 Å². The van der Waals surface area contributed by atoms with Gasteiger partial charge in [0.05, 0.1) is 11.5 Å². The summed E-state index contributed by atoms with van der Waals surface area (Å²) < 4.78 is 0. The van der Waals surface area contributed by atoms with E-state index in [0.717, 1.165) is 38.8 Å². The fraction of sp³-hybridized carbons (Fsp3) is 0.857. The summed E-state index contributed by atoms with van der Waals surface area (Å²) in [7, 11) is 0. The van der Waals surface area contributed by atoms with Gasteiger partial charge in [0.2, 0.25) is 5.91 Å². The number of rotatable bonds is 4. The molecule has 0 spiro atoms. The number of hydrogen-bond acceptors (Lipinski definition) is 3. The molecule has 0 aromatic rings. The number of piperidine rings is 1. The third kappa shape index (κ3) is 4.73. The molecule has 1 amide bonds. The maximum absolute atomic E-state index is 12.0. The number of carbonyl (C=O) groups is 1. The summed E-state index contributed by atoms with van der Waals surface area (Å²) in [5, 5.41) is 3.17. The molecule has 1 aliphatic carbocycles. The lowest BCUT2D eigenvalue weighted by atomic mass is 9.95. The summed E-state index contributed by atoms with van der Waals surface area (Å²) in [6.45, 7) is 2.39. The van der Waals surface area contributed by atoms with E-state index >= 15 is 0 Å². The minimum Gasteiger partial charge on any atom is -0.393 e. The molecule has 0 atom stereocenters. The first kappa shape index (κ1) is 14.7. The Kier molecular flexibility index (Phi) is 5.58. The second-order valence-corrected chi connectivity index (χ2v) is 6.33. The highest BCUT2D eigenvalue weighted by atomic mass is 32.1. The number of amides is 1. The minimum atomic E-state index is 0.181. The van der Waals surface area contributed by atoms with Gasteiger partial charge < -0.3 is 11.1 Å². The number of hydrogen-bond donors (Lipinski definition) is 2. The van der Waals surface area contributed by atoms with E-state index in [1.165, 1.54) is 19.3 Å². The highest BCUT2D eigenvalue weighted by Gasteiger charge is 2.23. The van der Waals surface area contributed by atoms with Crippen LogP contribution in [0.15, 0.2) is 0 Å². The number of nitrogens with two attached hydrogens (primary N) is 1. The maximum Gasteiger partial charge on any atom is 0.234 e. The quantitative estimate of drug-likeness (QED) is 0.767. The van der Waals surface area contributed by atoms with Gasteiger partial charge in [-0.15, -0.1) is 0 Å². The summed E-state index contributed by atoms with van der Waals surface area (Å²) in [5.41, 5.74) is 5.67. The fourth-order valence-electron chi connectivity index (χ4n) is 3.10. The van der Waals surface area contributed by atoms with Crippen molar-refractivity contribution in [1.29, 1.82) is 0 Å². The number of nitrogens with zero attached hydrogens (tertiary/aromatic N) is 1. The van der Waals surface area contributed by atoms with Crippen molar-refractivity contribution in [2.75, 3.05) is 19.6 Å². The van der Waals surface area contributed by atoms with Gasteiger partial charge in [0, 0.05) is 12.0 Å². The maximum atomic E-state index is 12.0. The van der Waals surface area contributed by atoms with Gasteiger partial charge in [0.15, 0.2) is 0 Å². The number of carbonyl (C=O) groups excluding carboxylic acids is 1. The lowest BCUT2D eigenvalue weighted by Crippen LogP contribution is -2.46.